The van der Waals surface area contributed by atoms with Crippen LogP contribution in [0.4, 0.5) is 24.7 Å². The summed E-state index contributed by atoms with van der Waals surface area (Å²) in [4.78, 5) is 9.05. The number of aromatic nitrogens is 2. The normalized spacial score (nSPS) is 11.4. The van der Waals surface area contributed by atoms with Gasteiger partial charge in [-0.15, -0.1) is 0 Å². The Hall–Kier alpha value is -4.11. The summed E-state index contributed by atoms with van der Waals surface area (Å²) in [7, 11) is 0. The molecule has 0 fully saturated rings. The lowest BCUT2D eigenvalue weighted by atomic mass is 10.1. The van der Waals surface area contributed by atoms with Crippen LogP contribution in [0.2, 0.25) is 0 Å². The second-order valence-electron chi connectivity index (χ2n) is 8.30. The van der Waals surface area contributed by atoms with Gasteiger partial charge in [0.25, 0.3) is 0 Å². The molecule has 9 heteroatoms. The molecule has 4 N–H and O–H groups in total. The van der Waals surface area contributed by atoms with Gasteiger partial charge >= 0.3 is 6.18 Å². The monoisotopic (exact) mass is 507 g/mol. The Balaban J connectivity index is 1.87. The topological polar surface area (TPSA) is 85.1 Å². The minimum atomic E-state index is -4.58. The molecule has 0 radical (unpaired) electrons. The van der Waals surface area contributed by atoms with Crippen molar-refractivity contribution in [3.05, 3.63) is 84.4 Å². The van der Waals surface area contributed by atoms with Gasteiger partial charge < -0.3 is 21.1 Å². The van der Waals surface area contributed by atoms with Crippen molar-refractivity contribution >= 4 is 28.1 Å². The van der Waals surface area contributed by atoms with Gasteiger partial charge in [-0.05, 0) is 30.7 Å². The molecule has 1 aromatic heterocycles. The number of nitrogens with one attached hydrogen (secondary N) is 2. The number of para-hydroxylation sites is 2. The van der Waals surface area contributed by atoms with E-state index in [0.717, 1.165) is 30.3 Å². The minimum absolute atomic E-state index is 0.0862. The van der Waals surface area contributed by atoms with Gasteiger partial charge in [-0.25, -0.2) is 9.97 Å². The van der Waals surface area contributed by atoms with Crippen LogP contribution in [0.25, 0.3) is 28.0 Å². The third kappa shape index (κ3) is 5.83. The molecule has 0 saturated carbocycles. The van der Waals surface area contributed by atoms with Crippen molar-refractivity contribution in [1.29, 1.82) is 0 Å². The van der Waals surface area contributed by atoms with Gasteiger partial charge in [-0.3, -0.25) is 0 Å². The Labute approximate surface area is 213 Å². The highest BCUT2D eigenvalue weighted by atomic mass is 19.4. The van der Waals surface area contributed by atoms with Crippen LogP contribution in [0.5, 0.6) is 5.75 Å². The fraction of sp³-hybridized carbons (Fsp3) is 0.214. The number of ether oxygens (including phenoxy) is 1. The van der Waals surface area contributed by atoms with Crippen molar-refractivity contribution in [2.45, 2.75) is 19.5 Å². The Morgan fingerprint density at radius 1 is 1.00 bits per heavy atom. The molecule has 192 valence electrons. The molecule has 1 heterocycles. The molecular formula is C28H28F3N5O. The zero-order chi connectivity index (χ0) is 26.4. The van der Waals surface area contributed by atoms with Crippen LogP contribution in [0.3, 0.4) is 0 Å². The van der Waals surface area contributed by atoms with Crippen molar-refractivity contribution < 1.29 is 17.9 Å². The van der Waals surface area contributed by atoms with E-state index in [9.17, 15) is 13.2 Å². The number of nitrogens with two attached hydrogens (primary N) is 1. The van der Waals surface area contributed by atoms with Gasteiger partial charge in [0.2, 0.25) is 0 Å². The first-order chi connectivity index (χ1) is 17.8. The molecule has 0 amide bonds. The van der Waals surface area contributed by atoms with Crippen LogP contribution in [0, 0.1) is 0 Å². The standard InChI is InChI=1S/C28H28F3N5O/c1-3-16-33-23-13-7-5-9-19(23)18(2)34-27-21-11-8-14-24(37-17-15-32)25(21)35-26(36-27)20-10-4-6-12-22(20)28(29,30)31/h4-14,33H,2-3,15-17,32H2,1H3,(H,34,35,36). The number of anilines is 2. The maximum atomic E-state index is 13.8. The van der Waals surface area contributed by atoms with Crippen LogP contribution in [0.15, 0.2) is 73.3 Å². The Kier molecular flexibility index (Phi) is 7.93. The number of nitrogens with zero attached hydrogens (tertiary/aromatic N) is 2. The molecule has 0 aliphatic rings. The number of rotatable bonds is 10. The fourth-order valence-electron chi connectivity index (χ4n) is 3.92. The third-order valence-corrected chi connectivity index (χ3v) is 5.63. The largest absolute Gasteiger partial charge is 0.490 e. The third-order valence-electron chi connectivity index (χ3n) is 5.63. The number of benzene rings is 3. The molecule has 0 unspecified atom stereocenters. The fourth-order valence-corrected chi connectivity index (χ4v) is 3.92. The zero-order valence-electron chi connectivity index (χ0n) is 20.4. The average Bonchev–Trinajstić information content (AvgIpc) is 2.90. The lowest BCUT2D eigenvalue weighted by Crippen LogP contribution is -2.12. The van der Waals surface area contributed by atoms with E-state index in [1.165, 1.54) is 18.2 Å². The highest BCUT2D eigenvalue weighted by Gasteiger charge is 2.34. The van der Waals surface area contributed by atoms with Crippen molar-refractivity contribution in [2.24, 2.45) is 5.73 Å². The van der Waals surface area contributed by atoms with E-state index >= 15 is 0 Å². The van der Waals surface area contributed by atoms with E-state index in [1.54, 1.807) is 18.2 Å². The van der Waals surface area contributed by atoms with Crippen LogP contribution in [-0.2, 0) is 6.18 Å². The van der Waals surface area contributed by atoms with Gasteiger partial charge in [-0.1, -0.05) is 56.0 Å². The smallest absolute Gasteiger partial charge is 0.417 e. The lowest BCUT2D eigenvalue weighted by Gasteiger charge is -2.18. The molecular weight excluding hydrogens is 479 g/mol. The van der Waals surface area contributed by atoms with Crippen molar-refractivity contribution in [3.8, 4) is 17.1 Å². The first-order valence-electron chi connectivity index (χ1n) is 11.9. The van der Waals surface area contributed by atoms with Crippen molar-refractivity contribution in [3.63, 3.8) is 0 Å². The minimum Gasteiger partial charge on any atom is -0.490 e. The van der Waals surface area contributed by atoms with Gasteiger partial charge in [-0.2, -0.15) is 13.2 Å². The van der Waals surface area contributed by atoms with E-state index < -0.39 is 11.7 Å². The Morgan fingerprint density at radius 3 is 2.51 bits per heavy atom. The summed E-state index contributed by atoms with van der Waals surface area (Å²) < 4.78 is 47.3. The summed E-state index contributed by atoms with van der Waals surface area (Å²) in [5, 5.41) is 7.16. The first-order valence-corrected chi connectivity index (χ1v) is 11.9. The quantitative estimate of drug-likeness (QED) is 0.226. The van der Waals surface area contributed by atoms with Crippen molar-refractivity contribution in [2.75, 3.05) is 30.3 Å². The van der Waals surface area contributed by atoms with Gasteiger partial charge in [0, 0.05) is 41.0 Å². The maximum absolute atomic E-state index is 13.8. The molecule has 0 bridgehead atoms. The van der Waals surface area contributed by atoms with Crippen LogP contribution < -0.4 is 21.1 Å². The second kappa shape index (κ2) is 11.3. The molecule has 0 atom stereocenters. The van der Waals surface area contributed by atoms with Gasteiger partial charge in [0.15, 0.2) is 5.82 Å². The summed E-state index contributed by atoms with van der Waals surface area (Å²) in [5.74, 6) is 0.622. The highest BCUT2D eigenvalue weighted by Crippen LogP contribution is 2.38. The zero-order valence-corrected chi connectivity index (χ0v) is 20.4. The van der Waals surface area contributed by atoms with Crippen LogP contribution in [-0.4, -0.2) is 29.7 Å². The number of hydrogen-bond acceptors (Lipinski definition) is 6. The summed E-state index contributed by atoms with van der Waals surface area (Å²) >= 11 is 0. The summed E-state index contributed by atoms with van der Waals surface area (Å²) in [5.41, 5.74) is 7.24. The molecule has 4 aromatic rings. The summed E-state index contributed by atoms with van der Waals surface area (Å²) in [6.45, 7) is 7.53. The molecule has 0 aliphatic carbocycles. The number of alkyl halides is 3. The van der Waals surface area contributed by atoms with Crippen LogP contribution in [0.1, 0.15) is 24.5 Å². The number of hydrogen-bond donors (Lipinski definition) is 3. The van der Waals surface area contributed by atoms with Crippen molar-refractivity contribution in [1.82, 2.24) is 9.97 Å². The summed E-state index contributed by atoms with van der Waals surface area (Å²) in [6, 6.07) is 18.1. The number of fused-ring (bicyclic) bond motifs is 1. The average molecular weight is 508 g/mol. The predicted molar refractivity (Wildman–Crippen MR) is 142 cm³/mol. The van der Waals surface area contributed by atoms with E-state index in [4.69, 9.17) is 10.5 Å². The van der Waals surface area contributed by atoms with Gasteiger partial charge in [0.05, 0.1) is 5.56 Å². The predicted octanol–water partition coefficient (Wildman–Crippen LogP) is 6.56. The lowest BCUT2D eigenvalue weighted by molar-refractivity contribution is -0.137. The summed E-state index contributed by atoms with van der Waals surface area (Å²) in [6.07, 6.45) is -3.64. The van der Waals surface area contributed by atoms with Crippen LogP contribution >= 0.6 is 0 Å². The Bertz CT molecular complexity index is 1400. The maximum Gasteiger partial charge on any atom is 0.417 e. The SMILES string of the molecule is C=C(Nc1nc(-c2ccccc2C(F)(F)F)nc2c(OCCN)cccc12)c1ccccc1NCCC. The van der Waals surface area contributed by atoms with E-state index in [2.05, 4.69) is 34.1 Å². The molecule has 4 rings (SSSR count). The van der Waals surface area contributed by atoms with E-state index in [0.29, 0.717) is 28.2 Å². The molecule has 3 aromatic carbocycles. The molecule has 37 heavy (non-hydrogen) atoms. The number of halogens is 3. The molecule has 0 saturated heterocycles. The first kappa shape index (κ1) is 26.0. The molecule has 0 aliphatic heterocycles. The molecule has 6 nitrogen and oxygen atoms in total. The van der Waals surface area contributed by atoms with Gasteiger partial charge in [0.1, 0.15) is 23.7 Å². The highest BCUT2D eigenvalue weighted by molar-refractivity contribution is 5.98. The second-order valence-corrected chi connectivity index (χ2v) is 8.30. The molecule has 0 spiro atoms. The Morgan fingerprint density at radius 2 is 1.76 bits per heavy atom. The van der Waals surface area contributed by atoms with E-state index in [1.807, 2.05) is 24.3 Å². The van der Waals surface area contributed by atoms with E-state index in [-0.39, 0.29) is 24.5 Å².